The van der Waals surface area contributed by atoms with Crippen molar-refractivity contribution in [2.24, 2.45) is 11.8 Å². The molecule has 3 nitrogen and oxygen atoms in total. The molecule has 0 aromatic rings. The molecule has 3 heteroatoms. The summed E-state index contributed by atoms with van der Waals surface area (Å²) < 4.78 is 0. The Hall–Kier alpha value is -0.120. The molecule has 0 aromatic carbocycles. The molecule has 2 aliphatic heterocycles. The zero-order chi connectivity index (χ0) is 12.6. The van der Waals surface area contributed by atoms with Crippen LogP contribution in [0.1, 0.15) is 33.1 Å². The van der Waals surface area contributed by atoms with Gasteiger partial charge in [-0.25, -0.2) is 0 Å². The molecule has 2 heterocycles. The monoisotopic (exact) mass is 251 g/mol. The normalized spacial score (nSPS) is 35.0. The SMILES string of the molecule is CC(C)(CN1CC2CCCC2C1)N1CCNCC1. The number of nitrogens with zero attached hydrogens (tertiary/aromatic N) is 2. The summed E-state index contributed by atoms with van der Waals surface area (Å²) >= 11 is 0. The number of hydrogen-bond acceptors (Lipinski definition) is 3. The third-order valence-electron chi connectivity index (χ3n) is 5.39. The summed E-state index contributed by atoms with van der Waals surface area (Å²) in [5.41, 5.74) is 0.348. The first-order valence-corrected chi connectivity index (χ1v) is 7.83. The third kappa shape index (κ3) is 2.59. The minimum absolute atomic E-state index is 0.348. The number of fused-ring (bicyclic) bond motifs is 1. The average Bonchev–Trinajstić information content (AvgIpc) is 2.90. The van der Waals surface area contributed by atoms with Gasteiger partial charge in [-0.15, -0.1) is 0 Å². The molecule has 0 spiro atoms. The van der Waals surface area contributed by atoms with E-state index in [2.05, 4.69) is 29.0 Å². The van der Waals surface area contributed by atoms with Gasteiger partial charge in [-0.1, -0.05) is 6.42 Å². The summed E-state index contributed by atoms with van der Waals surface area (Å²) in [5, 5.41) is 3.46. The van der Waals surface area contributed by atoms with Crippen molar-refractivity contribution in [3.63, 3.8) is 0 Å². The average molecular weight is 251 g/mol. The first kappa shape index (κ1) is 12.9. The summed E-state index contributed by atoms with van der Waals surface area (Å²) in [6, 6.07) is 0. The van der Waals surface area contributed by atoms with Crippen LogP contribution in [0.25, 0.3) is 0 Å². The second-order valence-electron chi connectivity index (χ2n) is 7.19. The van der Waals surface area contributed by atoms with E-state index in [4.69, 9.17) is 0 Å². The highest BCUT2D eigenvalue weighted by Crippen LogP contribution is 2.38. The van der Waals surface area contributed by atoms with Crippen molar-refractivity contribution in [1.82, 2.24) is 15.1 Å². The van der Waals surface area contributed by atoms with Gasteiger partial charge >= 0.3 is 0 Å². The smallest absolute Gasteiger partial charge is 0.0281 e. The van der Waals surface area contributed by atoms with Gasteiger partial charge in [0.05, 0.1) is 0 Å². The van der Waals surface area contributed by atoms with Gasteiger partial charge in [-0.3, -0.25) is 4.90 Å². The lowest BCUT2D eigenvalue weighted by Crippen LogP contribution is -2.57. The molecule has 18 heavy (non-hydrogen) atoms. The molecule has 1 saturated carbocycles. The molecule has 104 valence electrons. The summed E-state index contributed by atoms with van der Waals surface area (Å²) in [5.74, 6) is 2.06. The van der Waals surface area contributed by atoms with E-state index in [1.807, 2.05) is 0 Å². The van der Waals surface area contributed by atoms with Gasteiger partial charge in [0.25, 0.3) is 0 Å². The predicted octanol–water partition coefficient (Wildman–Crippen LogP) is 1.40. The van der Waals surface area contributed by atoms with Crippen molar-refractivity contribution in [3.05, 3.63) is 0 Å². The van der Waals surface area contributed by atoms with Gasteiger partial charge in [0, 0.05) is 51.4 Å². The van der Waals surface area contributed by atoms with Crippen LogP contribution in [0.5, 0.6) is 0 Å². The Labute approximate surface area is 112 Å². The highest BCUT2D eigenvalue weighted by atomic mass is 15.3. The zero-order valence-electron chi connectivity index (χ0n) is 12.1. The summed E-state index contributed by atoms with van der Waals surface area (Å²) in [6.45, 7) is 13.6. The number of hydrogen-bond donors (Lipinski definition) is 1. The van der Waals surface area contributed by atoms with Crippen molar-refractivity contribution >= 4 is 0 Å². The van der Waals surface area contributed by atoms with Crippen LogP contribution in [0.15, 0.2) is 0 Å². The van der Waals surface area contributed by atoms with E-state index in [9.17, 15) is 0 Å². The lowest BCUT2D eigenvalue weighted by molar-refractivity contribution is 0.0683. The molecule has 3 rings (SSSR count). The fraction of sp³-hybridized carbons (Fsp3) is 1.00. The van der Waals surface area contributed by atoms with E-state index in [1.165, 1.54) is 52.0 Å². The Morgan fingerprint density at radius 2 is 1.67 bits per heavy atom. The highest BCUT2D eigenvalue weighted by molar-refractivity contribution is 4.94. The first-order valence-electron chi connectivity index (χ1n) is 7.83. The standard InChI is InChI=1S/C15H29N3/c1-15(2,18-8-6-16-7-9-18)12-17-10-13-4-3-5-14(13)11-17/h13-14,16H,3-12H2,1-2H3. The molecule has 0 amide bonds. The Balaban J connectivity index is 1.55. The minimum Gasteiger partial charge on any atom is -0.314 e. The van der Waals surface area contributed by atoms with Crippen molar-refractivity contribution in [2.45, 2.75) is 38.6 Å². The van der Waals surface area contributed by atoms with Gasteiger partial charge in [0.2, 0.25) is 0 Å². The summed E-state index contributed by atoms with van der Waals surface area (Å²) in [7, 11) is 0. The molecular formula is C15H29N3. The van der Waals surface area contributed by atoms with Crippen LogP contribution in [0.3, 0.4) is 0 Å². The molecule has 1 aliphatic carbocycles. The van der Waals surface area contributed by atoms with Crippen LogP contribution in [-0.4, -0.2) is 61.2 Å². The predicted molar refractivity (Wildman–Crippen MR) is 75.8 cm³/mol. The van der Waals surface area contributed by atoms with E-state index in [0.29, 0.717) is 5.54 Å². The van der Waals surface area contributed by atoms with Crippen molar-refractivity contribution in [3.8, 4) is 0 Å². The van der Waals surface area contributed by atoms with Crippen LogP contribution in [0, 0.1) is 11.8 Å². The third-order valence-corrected chi connectivity index (χ3v) is 5.39. The van der Waals surface area contributed by atoms with Gasteiger partial charge in [-0.2, -0.15) is 0 Å². The number of rotatable bonds is 3. The minimum atomic E-state index is 0.348. The Morgan fingerprint density at radius 1 is 1.06 bits per heavy atom. The van der Waals surface area contributed by atoms with Crippen molar-refractivity contribution in [1.29, 1.82) is 0 Å². The van der Waals surface area contributed by atoms with Crippen LogP contribution >= 0.6 is 0 Å². The lowest BCUT2D eigenvalue weighted by Gasteiger charge is -2.43. The van der Waals surface area contributed by atoms with E-state index in [0.717, 1.165) is 24.9 Å². The van der Waals surface area contributed by atoms with Gasteiger partial charge < -0.3 is 10.2 Å². The van der Waals surface area contributed by atoms with Gasteiger partial charge in [-0.05, 0) is 38.5 Å². The molecular weight excluding hydrogens is 222 g/mol. The number of nitrogens with one attached hydrogen (secondary N) is 1. The fourth-order valence-electron chi connectivity index (χ4n) is 4.38. The largest absolute Gasteiger partial charge is 0.314 e. The van der Waals surface area contributed by atoms with Crippen LogP contribution < -0.4 is 5.32 Å². The molecule has 1 N–H and O–H groups in total. The molecule has 2 saturated heterocycles. The van der Waals surface area contributed by atoms with E-state index in [1.54, 1.807) is 0 Å². The van der Waals surface area contributed by atoms with E-state index < -0.39 is 0 Å². The maximum Gasteiger partial charge on any atom is 0.0281 e. The Bertz CT molecular complexity index is 271. The summed E-state index contributed by atoms with van der Waals surface area (Å²) in [6.07, 6.45) is 4.48. The molecule has 0 aromatic heterocycles. The van der Waals surface area contributed by atoms with Crippen LogP contribution in [-0.2, 0) is 0 Å². The quantitative estimate of drug-likeness (QED) is 0.818. The molecule has 3 aliphatic rings. The molecule has 0 bridgehead atoms. The molecule has 2 atom stereocenters. The maximum absolute atomic E-state index is 3.46. The van der Waals surface area contributed by atoms with Gasteiger partial charge in [0.15, 0.2) is 0 Å². The van der Waals surface area contributed by atoms with E-state index >= 15 is 0 Å². The second-order valence-corrected chi connectivity index (χ2v) is 7.19. The Kier molecular flexibility index (Phi) is 3.65. The number of piperazine rings is 1. The van der Waals surface area contributed by atoms with Gasteiger partial charge in [0.1, 0.15) is 0 Å². The Morgan fingerprint density at radius 3 is 2.28 bits per heavy atom. The van der Waals surface area contributed by atoms with E-state index in [-0.39, 0.29) is 0 Å². The topological polar surface area (TPSA) is 18.5 Å². The first-order chi connectivity index (χ1) is 8.65. The maximum atomic E-state index is 3.46. The zero-order valence-corrected chi connectivity index (χ0v) is 12.1. The second kappa shape index (κ2) is 5.10. The van der Waals surface area contributed by atoms with Crippen LogP contribution in [0.4, 0.5) is 0 Å². The molecule has 2 unspecified atom stereocenters. The summed E-state index contributed by atoms with van der Waals surface area (Å²) in [4.78, 5) is 5.42. The molecule has 0 radical (unpaired) electrons. The fourth-order valence-corrected chi connectivity index (χ4v) is 4.38. The highest BCUT2D eigenvalue weighted by Gasteiger charge is 2.39. The van der Waals surface area contributed by atoms with Crippen LogP contribution in [0.2, 0.25) is 0 Å². The lowest BCUT2D eigenvalue weighted by atomic mass is 10.0. The van der Waals surface area contributed by atoms with Crippen molar-refractivity contribution in [2.75, 3.05) is 45.8 Å². The molecule has 3 fully saturated rings. The van der Waals surface area contributed by atoms with Crippen molar-refractivity contribution < 1.29 is 0 Å². The number of likely N-dealkylation sites (tertiary alicyclic amines) is 1.